The number of nitrogens with zero attached hydrogens (tertiary/aromatic N) is 1. The number of ether oxygens (including phenoxy) is 1. The van der Waals surface area contributed by atoms with Crippen LogP contribution in [-0.2, 0) is 9.53 Å². The van der Waals surface area contributed by atoms with Gasteiger partial charge in [-0.3, -0.25) is 4.79 Å². The molecular weight excluding hydrogens is 398 g/mol. The normalized spacial score (nSPS) is 28.1. The van der Waals surface area contributed by atoms with Crippen molar-refractivity contribution in [2.24, 2.45) is 5.92 Å². The maximum absolute atomic E-state index is 12.8. The van der Waals surface area contributed by atoms with Gasteiger partial charge in [0.2, 0.25) is 0 Å². The number of halogens is 1. The number of aromatic hydroxyl groups is 1. The van der Waals surface area contributed by atoms with Crippen LogP contribution in [0.5, 0.6) is 5.75 Å². The first kappa shape index (κ1) is 22.9. The Hall–Kier alpha value is -2.35. The van der Waals surface area contributed by atoms with Crippen LogP contribution < -0.4 is 4.90 Å². The first-order valence-corrected chi connectivity index (χ1v) is 9.60. The monoisotopic (exact) mass is 423 g/mol. The fraction of sp³-hybridized carbons (Fsp3) is 0.429. The third-order valence-electron chi connectivity index (χ3n) is 4.86. The number of rotatable bonds is 1. The molecule has 1 aliphatic heterocycles. The molecule has 7 nitrogen and oxygen atoms in total. The van der Waals surface area contributed by atoms with E-state index in [4.69, 9.17) is 16.3 Å². The molecule has 2 rings (SSSR count). The molecule has 0 aliphatic carbocycles. The highest BCUT2D eigenvalue weighted by Gasteiger charge is 2.27. The van der Waals surface area contributed by atoms with Gasteiger partial charge < -0.3 is 25.0 Å². The summed E-state index contributed by atoms with van der Waals surface area (Å²) in [5.74, 6) is -2.15. The SMILES string of the molecule is C[C@@H]1/C=C\C(=O)[C@@H](O)[C@@H](O)C/C=C/c2cc(N(C)C)c(Cl)c(O)c2C(=O)O[C@H]1C. The van der Waals surface area contributed by atoms with E-state index in [1.165, 1.54) is 24.3 Å². The molecule has 0 spiro atoms. The van der Waals surface area contributed by atoms with Crippen LogP contribution in [0.4, 0.5) is 5.69 Å². The summed E-state index contributed by atoms with van der Waals surface area (Å²) in [5, 5.41) is 30.7. The lowest BCUT2D eigenvalue weighted by Gasteiger charge is -2.22. The van der Waals surface area contributed by atoms with Crippen LogP contribution in [0.3, 0.4) is 0 Å². The number of hydrogen-bond donors (Lipinski definition) is 3. The van der Waals surface area contributed by atoms with E-state index in [-0.39, 0.29) is 22.9 Å². The first-order chi connectivity index (χ1) is 13.5. The lowest BCUT2D eigenvalue weighted by atomic mass is 9.99. The van der Waals surface area contributed by atoms with Crippen molar-refractivity contribution in [2.75, 3.05) is 19.0 Å². The minimum atomic E-state index is -1.57. The van der Waals surface area contributed by atoms with Gasteiger partial charge in [-0.2, -0.15) is 0 Å². The third-order valence-corrected chi connectivity index (χ3v) is 5.24. The Bertz CT molecular complexity index is 848. The molecule has 0 amide bonds. The van der Waals surface area contributed by atoms with Crippen molar-refractivity contribution in [1.29, 1.82) is 0 Å². The Morgan fingerprint density at radius 1 is 1.17 bits per heavy atom. The van der Waals surface area contributed by atoms with Gasteiger partial charge in [-0.15, -0.1) is 0 Å². The maximum Gasteiger partial charge on any atom is 0.342 e. The van der Waals surface area contributed by atoms with Gasteiger partial charge in [-0.05, 0) is 31.1 Å². The molecule has 0 saturated heterocycles. The van der Waals surface area contributed by atoms with Crippen molar-refractivity contribution in [3.05, 3.63) is 40.4 Å². The third kappa shape index (κ3) is 5.18. The van der Waals surface area contributed by atoms with Crippen molar-refractivity contribution < 1.29 is 29.6 Å². The standard InChI is InChI=1S/C21H26ClNO6/c1-11-8-9-16(25)19(26)15(24)7-5-6-13-10-14(23(3)4)18(22)20(27)17(13)21(28)29-12(11)2/h5-6,8-12,15,19,24,26-27H,7H2,1-4H3/b6-5+,9-8-/t11-,12+,15+,19+/m1/s1. The van der Waals surface area contributed by atoms with Gasteiger partial charge in [0.15, 0.2) is 11.5 Å². The Morgan fingerprint density at radius 2 is 1.83 bits per heavy atom. The minimum absolute atomic E-state index is 0.0156. The number of carbonyl (C=O) groups excluding carboxylic acids is 2. The highest BCUT2D eigenvalue weighted by atomic mass is 35.5. The zero-order valence-electron chi connectivity index (χ0n) is 16.8. The quantitative estimate of drug-likeness (QED) is 0.596. The van der Waals surface area contributed by atoms with Crippen LogP contribution in [-0.4, -0.2) is 59.5 Å². The predicted molar refractivity (Wildman–Crippen MR) is 111 cm³/mol. The number of ketones is 1. The first-order valence-electron chi connectivity index (χ1n) is 9.23. The van der Waals surface area contributed by atoms with E-state index in [9.17, 15) is 24.9 Å². The molecule has 29 heavy (non-hydrogen) atoms. The molecule has 8 heteroatoms. The average molecular weight is 424 g/mol. The summed E-state index contributed by atoms with van der Waals surface area (Å²) >= 11 is 6.24. The Kier molecular flexibility index (Phi) is 7.46. The van der Waals surface area contributed by atoms with Crippen molar-refractivity contribution in [2.45, 2.75) is 38.6 Å². The van der Waals surface area contributed by atoms with Crippen LogP contribution in [0.15, 0.2) is 24.3 Å². The van der Waals surface area contributed by atoms with Gasteiger partial charge >= 0.3 is 5.97 Å². The summed E-state index contributed by atoms with van der Waals surface area (Å²) in [6.07, 6.45) is 2.13. The van der Waals surface area contributed by atoms with E-state index in [1.54, 1.807) is 38.9 Å². The molecule has 1 aliphatic rings. The summed E-state index contributed by atoms with van der Waals surface area (Å²) < 4.78 is 5.47. The van der Waals surface area contributed by atoms with E-state index in [0.717, 1.165) is 0 Å². The molecule has 1 aromatic carbocycles. The highest BCUT2D eigenvalue weighted by molar-refractivity contribution is 6.35. The van der Waals surface area contributed by atoms with E-state index < -0.39 is 35.8 Å². The largest absolute Gasteiger partial charge is 0.505 e. The number of aliphatic hydroxyl groups excluding tert-OH is 2. The van der Waals surface area contributed by atoms with Gasteiger partial charge in [0.25, 0.3) is 0 Å². The topological polar surface area (TPSA) is 107 Å². The van der Waals surface area contributed by atoms with E-state index in [1.807, 2.05) is 0 Å². The molecule has 0 aromatic heterocycles. The summed E-state index contributed by atoms with van der Waals surface area (Å²) in [6, 6.07) is 1.61. The van der Waals surface area contributed by atoms with Crippen LogP contribution in [0, 0.1) is 5.92 Å². The molecule has 158 valence electrons. The number of phenols is 1. The van der Waals surface area contributed by atoms with Crippen molar-refractivity contribution in [3.8, 4) is 5.75 Å². The van der Waals surface area contributed by atoms with Crippen molar-refractivity contribution >= 4 is 35.1 Å². The molecular formula is C21H26ClNO6. The number of esters is 1. The second kappa shape index (κ2) is 9.43. The number of aliphatic hydroxyl groups is 2. The molecule has 0 radical (unpaired) electrons. The second-order valence-corrected chi connectivity index (χ2v) is 7.68. The number of hydrogen-bond acceptors (Lipinski definition) is 7. The van der Waals surface area contributed by atoms with Gasteiger partial charge in [0.1, 0.15) is 22.8 Å². The molecule has 0 bridgehead atoms. The number of anilines is 1. The fourth-order valence-electron chi connectivity index (χ4n) is 2.81. The smallest absolute Gasteiger partial charge is 0.342 e. The van der Waals surface area contributed by atoms with Gasteiger partial charge in [0.05, 0.1) is 11.8 Å². The number of cyclic esters (lactones) is 1. The van der Waals surface area contributed by atoms with Crippen molar-refractivity contribution in [1.82, 2.24) is 0 Å². The Balaban J connectivity index is 2.59. The van der Waals surface area contributed by atoms with Crippen LogP contribution in [0.2, 0.25) is 5.02 Å². The number of phenolic OH excluding ortho intramolecular Hbond substituents is 1. The van der Waals surface area contributed by atoms with Crippen LogP contribution in [0.1, 0.15) is 36.2 Å². The molecule has 0 saturated carbocycles. The predicted octanol–water partition coefficient (Wildman–Crippen LogP) is 2.56. The molecule has 1 heterocycles. The lowest BCUT2D eigenvalue weighted by Crippen LogP contribution is -2.32. The molecule has 0 unspecified atom stereocenters. The van der Waals surface area contributed by atoms with Crippen LogP contribution in [0.25, 0.3) is 6.08 Å². The Morgan fingerprint density at radius 3 is 2.45 bits per heavy atom. The van der Waals surface area contributed by atoms with Gasteiger partial charge in [-0.25, -0.2) is 4.79 Å². The number of carbonyl (C=O) groups is 2. The molecule has 3 N–H and O–H groups in total. The number of fused-ring (bicyclic) bond motifs is 1. The summed E-state index contributed by atoms with van der Waals surface area (Å²) in [5.41, 5.74) is 0.728. The molecule has 0 fully saturated rings. The summed E-state index contributed by atoms with van der Waals surface area (Å²) in [4.78, 5) is 26.5. The molecule has 1 aromatic rings. The van der Waals surface area contributed by atoms with E-state index in [0.29, 0.717) is 11.3 Å². The summed E-state index contributed by atoms with van der Waals surface area (Å²) in [6.45, 7) is 3.38. The second-order valence-electron chi connectivity index (χ2n) is 7.30. The van der Waals surface area contributed by atoms with Gasteiger partial charge in [-0.1, -0.05) is 36.8 Å². The highest BCUT2D eigenvalue weighted by Crippen LogP contribution is 2.39. The Labute approximate surface area is 174 Å². The molecule has 4 atom stereocenters. The zero-order valence-corrected chi connectivity index (χ0v) is 17.6. The minimum Gasteiger partial charge on any atom is -0.505 e. The van der Waals surface area contributed by atoms with E-state index in [2.05, 4.69) is 0 Å². The van der Waals surface area contributed by atoms with Crippen LogP contribution >= 0.6 is 11.6 Å². The zero-order chi connectivity index (χ0) is 21.9. The van der Waals surface area contributed by atoms with Crippen molar-refractivity contribution in [3.63, 3.8) is 0 Å². The maximum atomic E-state index is 12.8. The summed E-state index contributed by atoms with van der Waals surface area (Å²) in [7, 11) is 3.47. The lowest BCUT2D eigenvalue weighted by molar-refractivity contribution is -0.127. The number of benzene rings is 1. The fourth-order valence-corrected chi connectivity index (χ4v) is 3.13. The van der Waals surface area contributed by atoms with Gasteiger partial charge in [0, 0.05) is 20.0 Å². The van der Waals surface area contributed by atoms with E-state index >= 15 is 0 Å². The average Bonchev–Trinajstić information content (AvgIpc) is 2.66.